The number of anilines is 3. The Hall–Kier alpha value is -4.56. The summed E-state index contributed by atoms with van der Waals surface area (Å²) < 4.78 is 2.84. The summed E-state index contributed by atoms with van der Waals surface area (Å²) in [6.07, 6.45) is 4.40. The Morgan fingerprint density at radius 3 is 2.63 bits per heavy atom. The molecule has 2 fully saturated rings. The topological polar surface area (TPSA) is 104 Å². The van der Waals surface area contributed by atoms with Gasteiger partial charge in [-0.3, -0.25) is 4.68 Å². The maximum Gasteiger partial charge on any atom is 0.321 e. The summed E-state index contributed by atoms with van der Waals surface area (Å²) in [5.74, 6) is 2.57. The third-order valence-corrected chi connectivity index (χ3v) is 9.58. The van der Waals surface area contributed by atoms with Crippen LogP contribution < -0.4 is 10.6 Å². The quantitative estimate of drug-likeness (QED) is 0.186. The van der Waals surface area contributed by atoms with Crippen LogP contribution in [0.4, 0.5) is 22.0 Å². The first-order valence-corrected chi connectivity index (χ1v) is 15.9. The molecule has 2 amide bonds. The summed E-state index contributed by atoms with van der Waals surface area (Å²) in [7, 11) is 4.00. The number of rotatable bonds is 4. The number of aryl methyl sites for hydroxylation is 1. The molecule has 43 heavy (non-hydrogen) atoms. The number of aromatic nitrogens is 5. The Balaban J connectivity index is 0.00000120. The van der Waals surface area contributed by atoms with Gasteiger partial charge in [0.15, 0.2) is 0 Å². The van der Waals surface area contributed by atoms with Crippen molar-refractivity contribution in [3.8, 4) is 11.3 Å². The van der Waals surface area contributed by atoms with E-state index >= 15 is 0 Å². The predicted octanol–water partition coefficient (Wildman–Crippen LogP) is 5.35. The molecule has 229 valence electrons. The largest absolute Gasteiger partial charge is 0.340 e. The number of amides is 2. The third-order valence-electron chi connectivity index (χ3n) is 8.79. The van der Waals surface area contributed by atoms with E-state index in [1.54, 1.807) is 22.3 Å². The van der Waals surface area contributed by atoms with Crippen LogP contribution in [0.5, 0.6) is 0 Å². The van der Waals surface area contributed by atoms with Crippen molar-refractivity contribution in [3.05, 3.63) is 61.4 Å². The van der Waals surface area contributed by atoms with E-state index < -0.39 is 0 Å². The number of hydrogen-bond donors (Lipinski definition) is 2. The van der Waals surface area contributed by atoms with E-state index in [4.69, 9.17) is 0 Å². The molecule has 2 saturated heterocycles. The summed E-state index contributed by atoms with van der Waals surface area (Å²) in [5.41, 5.74) is 6.31. The number of benzene rings is 2. The van der Waals surface area contributed by atoms with E-state index in [1.165, 1.54) is 0 Å². The molecule has 0 spiro atoms. The Morgan fingerprint density at radius 2 is 1.88 bits per heavy atom. The summed E-state index contributed by atoms with van der Waals surface area (Å²) in [5, 5.41) is 12.1. The molecule has 2 aliphatic heterocycles. The van der Waals surface area contributed by atoms with E-state index in [0.29, 0.717) is 24.6 Å². The molecular formula is C30H33AlLrN9OS-. The molecule has 2 N–H and O–H groups in total. The van der Waals surface area contributed by atoms with Gasteiger partial charge in [0, 0.05) is 48.5 Å². The van der Waals surface area contributed by atoms with E-state index in [1.807, 2.05) is 59.8 Å². The van der Waals surface area contributed by atoms with Gasteiger partial charge in [0.25, 0.3) is 0 Å². The van der Waals surface area contributed by atoms with Crippen LogP contribution >= 0.6 is 11.3 Å². The molecule has 2 aromatic carbocycles. The van der Waals surface area contributed by atoms with Crippen molar-refractivity contribution in [2.45, 2.75) is 24.7 Å². The number of carbonyl (C=O) groups is 1. The SMILES string of the molecule is [CH2-][C@]12CCN(C)C1(C)CN(C(=O)Nc1cc3c(Nc4ccc5ncsc5c4)ncnc3cc1-c1ccn(C)n1)C2.[CH3][Al].[Lr]. The summed E-state index contributed by atoms with van der Waals surface area (Å²) in [4.78, 5) is 31.4. The standard InChI is InChI=1S/C29H30N9OS.CH3.Al.Lr/c1-28-8-10-36(3)29(28,2)15-38(14-28)27(39)34-24-13-20-23(12-19(24)21-7-9-37(4)35-21)30-16-31-26(20)33-18-5-6-22-25(11-18)40-17-32-22;;;/h5-7,9,11-13,16-17H,1,8,10,14-15H2,2-4H3,(H,34,39)(H,30,31,33);1H3;;/q-1;;;/t28-,29?;;;/m1.../s1. The first-order valence-electron chi connectivity index (χ1n) is 13.8. The average Bonchev–Trinajstić information content (AvgIpc) is 3.74. The molecule has 5 heterocycles. The molecule has 1 unspecified atom stereocenters. The predicted molar refractivity (Wildman–Crippen MR) is 170 cm³/mol. The zero-order chi connectivity index (χ0) is 29.6. The summed E-state index contributed by atoms with van der Waals surface area (Å²) >= 11 is 4.01. The molecular weight excluding hydrogens is 823 g/mol. The molecule has 13 heteroatoms. The monoisotopic (exact) mass is 856 g/mol. The molecule has 10 nitrogen and oxygen atoms in total. The van der Waals surface area contributed by atoms with Crippen molar-refractivity contribution in [1.82, 2.24) is 34.5 Å². The van der Waals surface area contributed by atoms with Gasteiger partial charge in [0.1, 0.15) is 28.4 Å². The second-order valence-corrected chi connectivity index (χ2v) is 12.1. The number of likely N-dealkylation sites (tertiary alicyclic amines) is 2. The molecule has 0 aliphatic carbocycles. The molecule has 0 bridgehead atoms. The van der Waals surface area contributed by atoms with Gasteiger partial charge in [-0.25, -0.2) is 19.7 Å². The van der Waals surface area contributed by atoms with Crippen molar-refractivity contribution in [1.29, 1.82) is 0 Å². The molecule has 2 aliphatic rings. The number of hydrogen-bond acceptors (Lipinski definition) is 8. The van der Waals surface area contributed by atoms with E-state index in [2.05, 4.69) is 78.8 Å². The van der Waals surface area contributed by atoms with Crippen molar-refractivity contribution in [3.63, 3.8) is 0 Å². The van der Waals surface area contributed by atoms with Crippen molar-refractivity contribution in [2.24, 2.45) is 12.5 Å². The van der Waals surface area contributed by atoms with Gasteiger partial charge in [-0.1, -0.05) is 6.42 Å². The third kappa shape index (κ3) is 5.06. The van der Waals surface area contributed by atoms with Crippen molar-refractivity contribution < 1.29 is 4.79 Å². The smallest absolute Gasteiger partial charge is 0.321 e. The Kier molecular flexibility index (Phi) is 7.84. The van der Waals surface area contributed by atoms with Gasteiger partial charge < -0.3 is 27.4 Å². The first-order chi connectivity index (χ1) is 20.2. The number of thiazole rings is 1. The molecule has 0 saturated carbocycles. The average molecular weight is 857 g/mol. The molecule has 2 atom stereocenters. The minimum Gasteiger partial charge on any atom is -0.340 e. The second-order valence-electron chi connectivity index (χ2n) is 11.2. The fraction of sp³-hybridized carbons (Fsp3) is 0.333. The normalized spacial score (nSPS) is 21.3. The van der Waals surface area contributed by atoms with Crippen molar-refractivity contribution >= 4 is 72.0 Å². The Morgan fingerprint density at radius 1 is 1.07 bits per heavy atom. The molecule has 3 aromatic heterocycles. The minimum absolute atomic E-state index is 0. The maximum atomic E-state index is 13.7. The zero-order valence-corrected chi connectivity index (χ0v) is 28.6. The van der Waals surface area contributed by atoms with Crippen molar-refractivity contribution in [2.75, 3.05) is 37.3 Å². The maximum absolute atomic E-state index is 13.7. The van der Waals surface area contributed by atoms with Crippen LogP contribution in [-0.4, -0.2) is 89.1 Å². The Labute approximate surface area is 257 Å². The van der Waals surface area contributed by atoms with Gasteiger partial charge >= 0.3 is 6.03 Å². The molecule has 5 aromatic rings. The molecule has 3 radical (unpaired) electrons. The number of likely N-dealkylation sites (N-methyl/N-ethyl adjacent to an activating group) is 1. The van der Waals surface area contributed by atoms with E-state index in [9.17, 15) is 4.79 Å². The van der Waals surface area contributed by atoms with Gasteiger partial charge in [-0.15, -0.1) is 22.5 Å². The van der Waals surface area contributed by atoms with Crippen LogP contribution in [0.3, 0.4) is 0 Å². The number of carbonyl (C=O) groups excluding carboxylic acids is 1. The van der Waals surface area contributed by atoms with Crippen LogP contribution in [0.1, 0.15) is 13.3 Å². The van der Waals surface area contributed by atoms with Gasteiger partial charge in [-0.05, 0) is 56.9 Å². The number of nitrogens with zero attached hydrogens (tertiary/aromatic N) is 7. The number of fused-ring (bicyclic) bond motifs is 3. The zero-order valence-electron chi connectivity index (χ0n) is 24.5. The van der Waals surface area contributed by atoms with Gasteiger partial charge in [0.2, 0.25) is 0 Å². The van der Waals surface area contributed by atoms with Crippen LogP contribution in [0.15, 0.2) is 54.4 Å². The number of nitrogens with one attached hydrogen (secondary N) is 2. The molecule has 7 rings (SSSR count). The van der Waals surface area contributed by atoms with Crippen LogP contribution in [0, 0.1) is 12.3 Å². The summed E-state index contributed by atoms with van der Waals surface area (Å²) in [6, 6.07) is 11.7. The van der Waals surface area contributed by atoms with E-state index in [0.717, 1.165) is 51.0 Å². The fourth-order valence-electron chi connectivity index (χ4n) is 6.12. The van der Waals surface area contributed by atoms with Crippen LogP contribution in [0.25, 0.3) is 32.4 Å². The Bertz CT molecular complexity index is 1790. The summed E-state index contributed by atoms with van der Waals surface area (Å²) in [6.45, 7) is 9.02. The minimum atomic E-state index is -0.184. The van der Waals surface area contributed by atoms with Gasteiger partial charge in [0.05, 0.1) is 32.6 Å². The van der Waals surface area contributed by atoms with E-state index in [-0.39, 0.29) is 17.0 Å². The second kappa shape index (κ2) is 11.3. The van der Waals surface area contributed by atoms with Gasteiger partial charge in [-0.2, -0.15) is 5.10 Å². The number of urea groups is 1. The fourth-order valence-corrected chi connectivity index (χ4v) is 6.83. The first kappa shape index (κ1) is 29.9. The van der Waals surface area contributed by atoms with Crippen LogP contribution in [0.2, 0.25) is 5.79 Å². The van der Waals surface area contributed by atoms with Crippen LogP contribution in [-0.2, 0) is 7.05 Å².